The minimum absolute atomic E-state index is 0.527. The highest BCUT2D eigenvalue weighted by atomic mass is 15.1. The molecule has 18 heavy (non-hydrogen) atoms. The van der Waals surface area contributed by atoms with E-state index in [2.05, 4.69) is 56.0 Å². The molecule has 1 saturated heterocycles. The standard InChI is InChI=1S/C17H27N/c1-4-17(2,3)16-10-12-18(13-11-16)14-15-8-6-5-7-9-15/h5-9,16H,4,10-14H2,1-3H3. The summed E-state index contributed by atoms with van der Waals surface area (Å²) < 4.78 is 0. The minimum Gasteiger partial charge on any atom is -0.299 e. The van der Waals surface area contributed by atoms with Crippen LogP contribution >= 0.6 is 0 Å². The van der Waals surface area contributed by atoms with Crippen molar-refractivity contribution in [1.29, 1.82) is 0 Å². The van der Waals surface area contributed by atoms with Gasteiger partial charge in [0.1, 0.15) is 0 Å². The van der Waals surface area contributed by atoms with Crippen LogP contribution in [0.5, 0.6) is 0 Å². The Morgan fingerprint density at radius 2 is 1.72 bits per heavy atom. The van der Waals surface area contributed by atoms with Crippen LogP contribution in [0.15, 0.2) is 30.3 Å². The van der Waals surface area contributed by atoms with Gasteiger partial charge in [0.2, 0.25) is 0 Å². The molecule has 0 spiro atoms. The highest BCUT2D eigenvalue weighted by molar-refractivity contribution is 5.14. The predicted octanol–water partition coefficient (Wildman–Crippen LogP) is 4.33. The van der Waals surface area contributed by atoms with E-state index in [4.69, 9.17) is 0 Å². The molecular weight excluding hydrogens is 218 g/mol. The topological polar surface area (TPSA) is 3.24 Å². The molecule has 1 heterocycles. The Bertz CT molecular complexity index is 347. The summed E-state index contributed by atoms with van der Waals surface area (Å²) in [6.07, 6.45) is 4.04. The largest absolute Gasteiger partial charge is 0.299 e. The monoisotopic (exact) mass is 245 g/mol. The Morgan fingerprint density at radius 3 is 2.28 bits per heavy atom. The summed E-state index contributed by atoms with van der Waals surface area (Å²) in [5.41, 5.74) is 1.98. The van der Waals surface area contributed by atoms with Gasteiger partial charge in [0.25, 0.3) is 0 Å². The van der Waals surface area contributed by atoms with E-state index in [0.717, 1.165) is 12.5 Å². The second-order valence-corrected chi connectivity index (χ2v) is 6.38. The Balaban J connectivity index is 1.84. The van der Waals surface area contributed by atoms with Crippen molar-refractivity contribution in [2.75, 3.05) is 13.1 Å². The van der Waals surface area contributed by atoms with E-state index in [0.29, 0.717) is 5.41 Å². The van der Waals surface area contributed by atoms with Gasteiger partial charge in [-0.2, -0.15) is 0 Å². The lowest BCUT2D eigenvalue weighted by Gasteiger charge is -2.40. The molecule has 0 N–H and O–H groups in total. The molecule has 1 aliphatic heterocycles. The first-order chi connectivity index (χ1) is 8.62. The summed E-state index contributed by atoms with van der Waals surface area (Å²) in [6, 6.07) is 10.9. The lowest BCUT2D eigenvalue weighted by atomic mass is 9.72. The van der Waals surface area contributed by atoms with Gasteiger partial charge < -0.3 is 0 Å². The zero-order valence-corrected chi connectivity index (χ0v) is 12.2. The van der Waals surface area contributed by atoms with Crippen LogP contribution in [-0.2, 0) is 6.54 Å². The third kappa shape index (κ3) is 3.35. The lowest BCUT2D eigenvalue weighted by molar-refractivity contribution is 0.0936. The van der Waals surface area contributed by atoms with Crippen molar-refractivity contribution in [1.82, 2.24) is 4.90 Å². The van der Waals surface area contributed by atoms with Crippen LogP contribution in [0, 0.1) is 11.3 Å². The summed E-state index contributed by atoms with van der Waals surface area (Å²) >= 11 is 0. The molecule has 100 valence electrons. The molecule has 1 aliphatic rings. The van der Waals surface area contributed by atoms with Crippen molar-refractivity contribution in [3.63, 3.8) is 0 Å². The van der Waals surface area contributed by atoms with Crippen molar-refractivity contribution in [3.8, 4) is 0 Å². The summed E-state index contributed by atoms with van der Waals surface area (Å²) in [7, 11) is 0. The summed E-state index contributed by atoms with van der Waals surface area (Å²) in [5.74, 6) is 0.912. The molecule has 0 aliphatic carbocycles. The first-order valence-corrected chi connectivity index (χ1v) is 7.38. The van der Waals surface area contributed by atoms with Crippen molar-refractivity contribution in [2.45, 2.75) is 46.6 Å². The van der Waals surface area contributed by atoms with E-state index in [9.17, 15) is 0 Å². The minimum atomic E-state index is 0.527. The molecule has 1 aromatic carbocycles. The number of likely N-dealkylation sites (tertiary alicyclic amines) is 1. The quantitative estimate of drug-likeness (QED) is 0.763. The van der Waals surface area contributed by atoms with Gasteiger partial charge in [-0.25, -0.2) is 0 Å². The molecule has 0 bridgehead atoms. The second-order valence-electron chi connectivity index (χ2n) is 6.38. The van der Waals surface area contributed by atoms with Gasteiger partial charge in [0.15, 0.2) is 0 Å². The third-order valence-corrected chi connectivity index (χ3v) is 4.85. The number of hydrogen-bond donors (Lipinski definition) is 0. The van der Waals surface area contributed by atoms with Crippen LogP contribution in [0.1, 0.15) is 45.6 Å². The van der Waals surface area contributed by atoms with Gasteiger partial charge >= 0.3 is 0 Å². The molecule has 1 fully saturated rings. The second kappa shape index (κ2) is 5.88. The highest BCUT2D eigenvalue weighted by Crippen LogP contribution is 2.37. The van der Waals surface area contributed by atoms with Crippen LogP contribution in [0.25, 0.3) is 0 Å². The van der Waals surface area contributed by atoms with E-state index in [1.807, 2.05) is 0 Å². The summed E-state index contributed by atoms with van der Waals surface area (Å²) in [4.78, 5) is 2.61. The maximum Gasteiger partial charge on any atom is 0.0233 e. The van der Waals surface area contributed by atoms with E-state index in [1.165, 1.54) is 37.9 Å². The molecule has 1 aromatic rings. The van der Waals surface area contributed by atoms with Crippen LogP contribution in [0.3, 0.4) is 0 Å². The normalized spacial score (nSPS) is 19.1. The van der Waals surface area contributed by atoms with Gasteiger partial charge in [0.05, 0.1) is 0 Å². The number of benzene rings is 1. The molecule has 0 unspecified atom stereocenters. The van der Waals surface area contributed by atoms with Gasteiger partial charge in [0, 0.05) is 6.54 Å². The molecular formula is C17H27N. The Kier molecular flexibility index (Phi) is 4.45. The van der Waals surface area contributed by atoms with Crippen LogP contribution in [-0.4, -0.2) is 18.0 Å². The average molecular weight is 245 g/mol. The van der Waals surface area contributed by atoms with Crippen molar-refractivity contribution in [3.05, 3.63) is 35.9 Å². The SMILES string of the molecule is CCC(C)(C)C1CCN(Cc2ccccc2)CC1. The first-order valence-electron chi connectivity index (χ1n) is 7.38. The molecule has 0 aromatic heterocycles. The van der Waals surface area contributed by atoms with E-state index in [-0.39, 0.29) is 0 Å². The lowest BCUT2D eigenvalue weighted by Crippen LogP contribution is -2.38. The molecule has 1 nitrogen and oxygen atoms in total. The first kappa shape index (κ1) is 13.6. The van der Waals surface area contributed by atoms with Crippen LogP contribution < -0.4 is 0 Å². The number of hydrogen-bond acceptors (Lipinski definition) is 1. The predicted molar refractivity (Wildman–Crippen MR) is 78.5 cm³/mol. The molecule has 0 radical (unpaired) electrons. The molecule has 2 rings (SSSR count). The summed E-state index contributed by atoms with van der Waals surface area (Å²) in [6.45, 7) is 10.9. The molecule has 0 amide bonds. The van der Waals surface area contributed by atoms with Gasteiger partial charge in [-0.3, -0.25) is 4.90 Å². The maximum absolute atomic E-state index is 2.61. The number of nitrogens with zero attached hydrogens (tertiary/aromatic N) is 1. The van der Waals surface area contributed by atoms with Crippen LogP contribution in [0.2, 0.25) is 0 Å². The number of rotatable bonds is 4. The molecule has 1 heteroatoms. The summed E-state index contributed by atoms with van der Waals surface area (Å²) in [5, 5.41) is 0. The van der Waals surface area contributed by atoms with Crippen molar-refractivity contribution >= 4 is 0 Å². The van der Waals surface area contributed by atoms with Gasteiger partial charge in [-0.05, 0) is 42.8 Å². The third-order valence-electron chi connectivity index (χ3n) is 4.85. The average Bonchev–Trinajstić information content (AvgIpc) is 2.40. The van der Waals surface area contributed by atoms with Gasteiger partial charge in [-0.15, -0.1) is 0 Å². The zero-order valence-electron chi connectivity index (χ0n) is 12.2. The van der Waals surface area contributed by atoms with Gasteiger partial charge in [-0.1, -0.05) is 57.5 Å². The number of piperidine rings is 1. The fourth-order valence-corrected chi connectivity index (χ4v) is 3.00. The van der Waals surface area contributed by atoms with E-state index in [1.54, 1.807) is 0 Å². The van der Waals surface area contributed by atoms with Crippen LogP contribution in [0.4, 0.5) is 0 Å². The van der Waals surface area contributed by atoms with Crippen molar-refractivity contribution < 1.29 is 0 Å². The van der Waals surface area contributed by atoms with Crippen molar-refractivity contribution in [2.24, 2.45) is 11.3 Å². The fourth-order valence-electron chi connectivity index (χ4n) is 3.00. The Labute approximate surface area is 112 Å². The smallest absolute Gasteiger partial charge is 0.0233 e. The maximum atomic E-state index is 2.61. The molecule has 0 saturated carbocycles. The Hall–Kier alpha value is -0.820. The highest BCUT2D eigenvalue weighted by Gasteiger charge is 2.30. The Morgan fingerprint density at radius 1 is 1.11 bits per heavy atom. The zero-order chi connectivity index (χ0) is 13.0. The fraction of sp³-hybridized carbons (Fsp3) is 0.647. The molecule has 0 atom stereocenters. The van der Waals surface area contributed by atoms with E-state index < -0.39 is 0 Å². The van der Waals surface area contributed by atoms with E-state index >= 15 is 0 Å².